The summed E-state index contributed by atoms with van der Waals surface area (Å²) in [7, 11) is 0. The lowest BCUT2D eigenvalue weighted by atomic mass is 9.89. The molecule has 5 nitrogen and oxygen atoms in total. The minimum absolute atomic E-state index is 0.0822. The van der Waals surface area contributed by atoms with Crippen LogP contribution in [-0.2, 0) is 0 Å². The van der Waals surface area contributed by atoms with E-state index in [1.807, 2.05) is 0 Å². The van der Waals surface area contributed by atoms with Crippen LogP contribution in [0.3, 0.4) is 0 Å². The summed E-state index contributed by atoms with van der Waals surface area (Å²) in [4.78, 5) is 11.9. The van der Waals surface area contributed by atoms with Crippen LogP contribution in [0.5, 0.6) is 11.5 Å². The zero-order valence-corrected chi connectivity index (χ0v) is 10.9. The molecule has 1 fully saturated rings. The number of aromatic hydroxyl groups is 2. The molecule has 102 valence electrons. The van der Waals surface area contributed by atoms with E-state index in [1.165, 1.54) is 18.6 Å². The summed E-state index contributed by atoms with van der Waals surface area (Å²) in [6, 6.07) is 3.85. The lowest BCUT2D eigenvalue weighted by Gasteiger charge is -2.19. The van der Waals surface area contributed by atoms with E-state index < -0.39 is 5.91 Å². The van der Waals surface area contributed by atoms with Gasteiger partial charge in [-0.3, -0.25) is 4.79 Å². The molecule has 1 saturated carbocycles. The zero-order chi connectivity index (χ0) is 13.8. The predicted octanol–water partition coefficient (Wildman–Crippen LogP) is 2.39. The quantitative estimate of drug-likeness (QED) is 0.716. The van der Waals surface area contributed by atoms with Crippen molar-refractivity contribution in [2.24, 2.45) is 11.0 Å². The summed E-state index contributed by atoms with van der Waals surface area (Å²) in [6.07, 6.45) is 4.30. The molecule has 0 spiro atoms. The van der Waals surface area contributed by atoms with Gasteiger partial charge in [0.05, 0.1) is 5.56 Å². The molecule has 1 amide bonds. The summed E-state index contributed by atoms with van der Waals surface area (Å²) >= 11 is 0. The fraction of sp³-hybridized carbons (Fsp3) is 0.429. The van der Waals surface area contributed by atoms with Gasteiger partial charge in [-0.2, -0.15) is 5.10 Å². The Morgan fingerprint density at radius 1 is 1.37 bits per heavy atom. The second kappa shape index (κ2) is 5.73. The molecular weight excluding hydrogens is 244 g/mol. The third kappa shape index (κ3) is 3.24. The van der Waals surface area contributed by atoms with Crippen LogP contribution in [0.2, 0.25) is 0 Å². The van der Waals surface area contributed by atoms with Crippen LogP contribution in [0.4, 0.5) is 0 Å². The maximum Gasteiger partial charge on any atom is 0.275 e. The monoisotopic (exact) mass is 262 g/mol. The van der Waals surface area contributed by atoms with Gasteiger partial charge in [-0.05, 0) is 37.3 Å². The van der Waals surface area contributed by atoms with Crippen LogP contribution in [-0.4, -0.2) is 21.8 Å². The van der Waals surface area contributed by atoms with Gasteiger partial charge in [-0.15, -0.1) is 0 Å². The first kappa shape index (κ1) is 13.4. The van der Waals surface area contributed by atoms with Crippen molar-refractivity contribution in [3.63, 3.8) is 0 Å². The number of hydrazone groups is 1. The maximum atomic E-state index is 11.9. The van der Waals surface area contributed by atoms with Crippen molar-refractivity contribution >= 4 is 11.6 Å². The number of hydrogen-bond acceptors (Lipinski definition) is 4. The topological polar surface area (TPSA) is 81.9 Å². The molecule has 0 bridgehead atoms. The van der Waals surface area contributed by atoms with E-state index in [4.69, 9.17) is 5.11 Å². The first-order valence-electron chi connectivity index (χ1n) is 6.46. The average molecular weight is 262 g/mol. The normalized spacial score (nSPS) is 21.3. The second-order valence-electron chi connectivity index (χ2n) is 4.89. The van der Waals surface area contributed by atoms with E-state index in [2.05, 4.69) is 17.5 Å². The Morgan fingerprint density at radius 2 is 2.16 bits per heavy atom. The van der Waals surface area contributed by atoms with Crippen molar-refractivity contribution in [2.75, 3.05) is 0 Å². The van der Waals surface area contributed by atoms with Crippen molar-refractivity contribution in [1.29, 1.82) is 0 Å². The highest BCUT2D eigenvalue weighted by molar-refractivity contribution is 5.98. The van der Waals surface area contributed by atoms with Crippen LogP contribution in [0, 0.1) is 5.92 Å². The van der Waals surface area contributed by atoms with Crippen LogP contribution in [0.15, 0.2) is 23.3 Å². The molecule has 1 aromatic rings. The van der Waals surface area contributed by atoms with Crippen LogP contribution >= 0.6 is 0 Å². The first-order valence-corrected chi connectivity index (χ1v) is 6.46. The minimum atomic E-state index is -0.470. The van der Waals surface area contributed by atoms with Crippen molar-refractivity contribution < 1.29 is 15.0 Å². The Labute approximate surface area is 112 Å². The number of phenolic OH excluding ortho intramolecular Hbond substituents is 2. The molecule has 0 aromatic heterocycles. The molecule has 2 rings (SSSR count). The van der Waals surface area contributed by atoms with Gasteiger partial charge < -0.3 is 10.2 Å². The van der Waals surface area contributed by atoms with E-state index in [9.17, 15) is 9.90 Å². The molecule has 1 atom stereocenters. The van der Waals surface area contributed by atoms with E-state index in [-0.39, 0.29) is 17.1 Å². The predicted molar refractivity (Wildman–Crippen MR) is 72.3 cm³/mol. The van der Waals surface area contributed by atoms with Crippen molar-refractivity contribution in [3.05, 3.63) is 23.8 Å². The number of hydrogen-bond donors (Lipinski definition) is 3. The summed E-state index contributed by atoms with van der Waals surface area (Å²) in [6.45, 7) is 2.10. The third-order valence-corrected chi connectivity index (χ3v) is 3.42. The van der Waals surface area contributed by atoms with Gasteiger partial charge >= 0.3 is 0 Å². The third-order valence-electron chi connectivity index (χ3n) is 3.42. The van der Waals surface area contributed by atoms with Gasteiger partial charge in [-0.25, -0.2) is 5.43 Å². The molecule has 0 unspecified atom stereocenters. The molecule has 19 heavy (non-hydrogen) atoms. The Kier molecular flexibility index (Phi) is 4.04. The SMILES string of the molecule is C[C@@H]1CCCC/C1=N\NC(=O)c1ccc(O)cc1O. The zero-order valence-electron chi connectivity index (χ0n) is 10.9. The highest BCUT2D eigenvalue weighted by Gasteiger charge is 2.17. The van der Waals surface area contributed by atoms with Gasteiger partial charge in [0, 0.05) is 11.8 Å². The van der Waals surface area contributed by atoms with Crippen LogP contribution < -0.4 is 5.43 Å². The molecule has 5 heteroatoms. The number of nitrogens with zero attached hydrogens (tertiary/aromatic N) is 1. The lowest BCUT2D eigenvalue weighted by Crippen LogP contribution is -2.24. The van der Waals surface area contributed by atoms with Gasteiger partial charge in [0.2, 0.25) is 0 Å². The number of carbonyl (C=O) groups is 1. The summed E-state index contributed by atoms with van der Waals surface area (Å²) < 4.78 is 0. The van der Waals surface area contributed by atoms with Gasteiger partial charge in [0.25, 0.3) is 5.91 Å². The maximum absolute atomic E-state index is 11.9. The van der Waals surface area contributed by atoms with Crippen molar-refractivity contribution in [3.8, 4) is 11.5 Å². The molecule has 0 heterocycles. The minimum Gasteiger partial charge on any atom is -0.508 e. The largest absolute Gasteiger partial charge is 0.508 e. The lowest BCUT2D eigenvalue weighted by molar-refractivity contribution is 0.0951. The van der Waals surface area contributed by atoms with E-state index in [0.717, 1.165) is 31.0 Å². The highest BCUT2D eigenvalue weighted by atomic mass is 16.3. The van der Waals surface area contributed by atoms with Crippen LogP contribution in [0.25, 0.3) is 0 Å². The molecule has 1 aliphatic rings. The highest BCUT2D eigenvalue weighted by Crippen LogP contribution is 2.23. The number of carbonyl (C=O) groups excluding carboxylic acids is 1. The van der Waals surface area contributed by atoms with Crippen molar-refractivity contribution in [2.45, 2.75) is 32.6 Å². The number of benzene rings is 1. The molecule has 3 N–H and O–H groups in total. The molecule has 0 aliphatic heterocycles. The summed E-state index contributed by atoms with van der Waals surface area (Å²) in [5.74, 6) is -0.416. The number of phenols is 2. The average Bonchev–Trinajstić information content (AvgIpc) is 2.37. The van der Waals surface area contributed by atoms with Crippen LogP contribution in [0.1, 0.15) is 43.0 Å². The molecule has 0 radical (unpaired) electrons. The van der Waals surface area contributed by atoms with E-state index >= 15 is 0 Å². The summed E-state index contributed by atoms with van der Waals surface area (Å²) in [5, 5.41) is 22.9. The van der Waals surface area contributed by atoms with E-state index in [1.54, 1.807) is 0 Å². The molecule has 1 aromatic carbocycles. The Balaban J connectivity index is 2.06. The number of nitrogens with one attached hydrogen (secondary N) is 1. The summed E-state index contributed by atoms with van der Waals surface area (Å²) in [5.41, 5.74) is 3.57. The molecular formula is C14H18N2O3. The fourth-order valence-electron chi connectivity index (χ4n) is 2.23. The van der Waals surface area contributed by atoms with Gasteiger partial charge in [-0.1, -0.05) is 13.3 Å². The van der Waals surface area contributed by atoms with Gasteiger partial charge in [0.1, 0.15) is 11.5 Å². The molecule has 0 saturated heterocycles. The standard InChI is InChI=1S/C14H18N2O3/c1-9-4-2-3-5-12(9)15-16-14(19)11-7-6-10(17)8-13(11)18/h6-9,17-18H,2-5H2,1H3,(H,16,19)/b15-12+/t9-/m1/s1. The number of amides is 1. The van der Waals surface area contributed by atoms with Gasteiger partial charge in [0.15, 0.2) is 0 Å². The first-order chi connectivity index (χ1) is 9.08. The second-order valence-corrected chi connectivity index (χ2v) is 4.89. The Bertz CT molecular complexity index is 511. The van der Waals surface area contributed by atoms with E-state index in [0.29, 0.717) is 5.92 Å². The molecule has 1 aliphatic carbocycles. The van der Waals surface area contributed by atoms with Crippen molar-refractivity contribution in [1.82, 2.24) is 5.43 Å². The smallest absolute Gasteiger partial charge is 0.275 e. The fourth-order valence-corrected chi connectivity index (χ4v) is 2.23. The Hall–Kier alpha value is -2.04. The number of rotatable bonds is 2. The Morgan fingerprint density at radius 3 is 2.84 bits per heavy atom.